The fourth-order valence-electron chi connectivity index (χ4n) is 1.80. The van der Waals surface area contributed by atoms with Crippen LogP contribution in [0.4, 0.5) is 5.82 Å². The molecule has 0 unspecified atom stereocenters. The third-order valence-corrected chi connectivity index (χ3v) is 2.98. The lowest BCUT2D eigenvalue weighted by atomic mass is 10.1. The average Bonchev–Trinajstić information content (AvgIpc) is 2.36. The SMILES string of the molecule is Cc1nccc(CNc2ncnc(Cl)c2C(C)C)n1. The normalized spacial score (nSPS) is 10.8. The predicted octanol–water partition coefficient (Wildman–Crippen LogP) is 2.96. The number of aromatic nitrogens is 4. The molecule has 2 rings (SSSR count). The largest absolute Gasteiger partial charge is 0.364 e. The minimum atomic E-state index is 0.253. The van der Waals surface area contributed by atoms with Gasteiger partial charge in [-0.2, -0.15) is 0 Å². The summed E-state index contributed by atoms with van der Waals surface area (Å²) in [5, 5.41) is 3.75. The van der Waals surface area contributed by atoms with Crippen molar-refractivity contribution in [2.75, 3.05) is 5.32 Å². The summed E-state index contributed by atoms with van der Waals surface area (Å²) in [6.45, 7) is 6.57. The van der Waals surface area contributed by atoms with Gasteiger partial charge in [-0.1, -0.05) is 25.4 Å². The van der Waals surface area contributed by atoms with E-state index < -0.39 is 0 Å². The number of rotatable bonds is 4. The molecule has 0 aliphatic rings. The third kappa shape index (κ3) is 3.38. The zero-order valence-electron chi connectivity index (χ0n) is 11.2. The van der Waals surface area contributed by atoms with Crippen molar-refractivity contribution in [3.8, 4) is 0 Å². The Labute approximate surface area is 117 Å². The molecule has 100 valence electrons. The highest BCUT2D eigenvalue weighted by Gasteiger charge is 2.13. The van der Waals surface area contributed by atoms with Gasteiger partial charge in [0.1, 0.15) is 23.1 Å². The van der Waals surface area contributed by atoms with Gasteiger partial charge in [-0.15, -0.1) is 0 Å². The molecule has 0 spiro atoms. The van der Waals surface area contributed by atoms with E-state index in [1.807, 2.05) is 13.0 Å². The van der Waals surface area contributed by atoms with Gasteiger partial charge in [0.15, 0.2) is 0 Å². The molecule has 0 amide bonds. The summed E-state index contributed by atoms with van der Waals surface area (Å²) in [5.74, 6) is 1.76. The van der Waals surface area contributed by atoms with E-state index in [2.05, 4.69) is 39.1 Å². The molecule has 2 heterocycles. The molecule has 6 heteroatoms. The first-order valence-electron chi connectivity index (χ1n) is 6.10. The molecule has 19 heavy (non-hydrogen) atoms. The zero-order valence-corrected chi connectivity index (χ0v) is 11.9. The van der Waals surface area contributed by atoms with Crippen molar-refractivity contribution >= 4 is 17.4 Å². The highest BCUT2D eigenvalue weighted by molar-refractivity contribution is 6.30. The van der Waals surface area contributed by atoms with Crippen molar-refractivity contribution in [3.63, 3.8) is 0 Å². The lowest BCUT2D eigenvalue weighted by molar-refractivity contribution is 0.841. The average molecular weight is 278 g/mol. The van der Waals surface area contributed by atoms with Crippen LogP contribution in [0.5, 0.6) is 0 Å². The Hall–Kier alpha value is -1.75. The van der Waals surface area contributed by atoms with Crippen LogP contribution in [0.25, 0.3) is 0 Å². The maximum absolute atomic E-state index is 6.11. The van der Waals surface area contributed by atoms with E-state index in [1.165, 1.54) is 6.33 Å². The van der Waals surface area contributed by atoms with Crippen molar-refractivity contribution in [2.24, 2.45) is 0 Å². The fraction of sp³-hybridized carbons (Fsp3) is 0.385. The van der Waals surface area contributed by atoms with Crippen LogP contribution >= 0.6 is 11.6 Å². The lowest BCUT2D eigenvalue weighted by Crippen LogP contribution is -2.08. The lowest BCUT2D eigenvalue weighted by Gasteiger charge is -2.14. The number of aryl methyl sites for hydroxylation is 1. The number of hydrogen-bond donors (Lipinski definition) is 1. The van der Waals surface area contributed by atoms with Crippen LogP contribution in [0.3, 0.4) is 0 Å². The maximum Gasteiger partial charge on any atom is 0.138 e. The first kappa shape index (κ1) is 13.7. The van der Waals surface area contributed by atoms with Crippen LogP contribution in [0, 0.1) is 6.92 Å². The fourth-order valence-corrected chi connectivity index (χ4v) is 2.16. The molecule has 0 radical (unpaired) electrons. The summed E-state index contributed by atoms with van der Waals surface area (Å²) in [4.78, 5) is 16.7. The Morgan fingerprint density at radius 1 is 1.26 bits per heavy atom. The molecule has 0 saturated carbocycles. The summed E-state index contributed by atoms with van der Waals surface area (Å²) < 4.78 is 0. The molecule has 0 aromatic carbocycles. The molecular formula is C13H16ClN5. The number of halogens is 1. The molecule has 0 aliphatic heterocycles. The van der Waals surface area contributed by atoms with Crippen LogP contribution < -0.4 is 5.32 Å². The summed E-state index contributed by atoms with van der Waals surface area (Å²) in [6, 6.07) is 1.87. The van der Waals surface area contributed by atoms with E-state index in [0.29, 0.717) is 11.7 Å². The van der Waals surface area contributed by atoms with E-state index >= 15 is 0 Å². The van der Waals surface area contributed by atoms with Gasteiger partial charge >= 0.3 is 0 Å². The van der Waals surface area contributed by atoms with E-state index in [4.69, 9.17) is 11.6 Å². The molecule has 0 saturated heterocycles. The Bertz CT molecular complexity index is 571. The quantitative estimate of drug-likeness (QED) is 0.871. The van der Waals surface area contributed by atoms with Gasteiger partial charge in [0.2, 0.25) is 0 Å². The highest BCUT2D eigenvalue weighted by Crippen LogP contribution is 2.27. The summed E-state index contributed by atoms with van der Waals surface area (Å²) in [7, 11) is 0. The first-order valence-corrected chi connectivity index (χ1v) is 6.48. The van der Waals surface area contributed by atoms with Gasteiger partial charge in [-0.3, -0.25) is 0 Å². The Morgan fingerprint density at radius 2 is 2.05 bits per heavy atom. The molecule has 1 N–H and O–H groups in total. The number of anilines is 1. The molecule has 0 aliphatic carbocycles. The minimum absolute atomic E-state index is 0.253. The smallest absolute Gasteiger partial charge is 0.138 e. The monoisotopic (exact) mass is 277 g/mol. The van der Waals surface area contributed by atoms with Crippen LogP contribution in [-0.4, -0.2) is 19.9 Å². The van der Waals surface area contributed by atoms with Crippen molar-refractivity contribution in [3.05, 3.63) is 40.8 Å². The Kier molecular flexibility index (Phi) is 4.27. The number of hydrogen-bond acceptors (Lipinski definition) is 5. The Morgan fingerprint density at radius 3 is 2.74 bits per heavy atom. The molecule has 0 bridgehead atoms. The van der Waals surface area contributed by atoms with E-state index in [0.717, 1.165) is 22.9 Å². The van der Waals surface area contributed by atoms with E-state index in [9.17, 15) is 0 Å². The van der Waals surface area contributed by atoms with Gasteiger partial charge in [0, 0.05) is 11.8 Å². The van der Waals surface area contributed by atoms with Gasteiger partial charge in [-0.05, 0) is 18.9 Å². The summed E-state index contributed by atoms with van der Waals surface area (Å²) in [5.41, 5.74) is 1.84. The van der Waals surface area contributed by atoms with Crippen molar-refractivity contribution in [1.29, 1.82) is 0 Å². The first-order chi connectivity index (χ1) is 9.08. The molecule has 5 nitrogen and oxygen atoms in total. The predicted molar refractivity (Wildman–Crippen MR) is 75.2 cm³/mol. The standard InChI is InChI=1S/C13H16ClN5/c1-8(2)11-12(14)17-7-18-13(11)16-6-10-4-5-15-9(3)19-10/h4-5,7-8H,6H2,1-3H3,(H,16,17,18). The van der Waals surface area contributed by atoms with Crippen LogP contribution in [0.15, 0.2) is 18.6 Å². The van der Waals surface area contributed by atoms with Gasteiger partial charge in [0.05, 0.1) is 12.2 Å². The zero-order chi connectivity index (χ0) is 13.8. The van der Waals surface area contributed by atoms with E-state index in [-0.39, 0.29) is 5.92 Å². The van der Waals surface area contributed by atoms with Crippen LogP contribution in [-0.2, 0) is 6.54 Å². The van der Waals surface area contributed by atoms with Crippen LogP contribution in [0.2, 0.25) is 5.15 Å². The number of nitrogens with one attached hydrogen (secondary N) is 1. The maximum atomic E-state index is 6.11. The summed E-state index contributed by atoms with van der Waals surface area (Å²) in [6.07, 6.45) is 3.21. The minimum Gasteiger partial charge on any atom is -0.364 e. The molecular weight excluding hydrogens is 262 g/mol. The Balaban J connectivity index is 2.18. The van der Waals surface area contributed by atoms with E-state index in [1.54, 1.807) is 6.20 Å². The van der Waals surface area contributed by atoms with Gasteiger partial charge < -0.3 is 5.32 Å². The second-order valence-corrected chi connectivity index (χ2v) is 4.89. The molecule has 0 fully saturated rings. The number of nitrogens with zero attached hydrogens (tertiary/aromatic N) is 4. The molecule has 0 atom stereocenters. The van der Waals surface area contributed by atoms with Crippen molar-refractivity contribution < 1.29 is 0 Å². The topological polar surface area (TPSA) is 63.6 Å². The van der Waals surface area contributed by atoms with Gasteiger partial charge in [-0.25, -0.2) is 19.9 Å². The highest BCUT2D eigenvalue weighted by atomic mass is 35.5. The van der Waals surface area contributed by atoms with Crippen LogP contribution in [0.1, 0.15) is 36.8 Å². The second-order valence-electron chi connectivity index (χ2n) is 4.53. The summed E-state index contributed by atoms with van der Waals surface area (Å²) >= 11 is 6.11. The van der Waals surface area contributed by atoms with Gasteiger partial charge in [0.25, 0.3) is 0 Å². The molecule has 2 aromatic heterocycles. The third-order valence-electron chi connectivity index (χ3n) is 2.68. The van der Waals surface area contributed by atoms with Crippen molar-refractivity contribution in [2.45, 2.75) is 33.2 Å². The molecule has 2 aromatic rings. The second kappa shape index (κ2) is 5.93. The van der Waals surface area contributed by atoms with Crippen molar-refractivity contribution in [1.82, 2.24) is 19.9 Å².